The number of hydrogen-bond donors (Lipinski definition) is 0. The molecule has 0 aromatic heterocycles. The smallest absolute Gasteiger partial charge is 0.306 e. The summed E-state index contributed by atoms with van der Waals surface area (Å²) in [6.45, 7) is 13.7. The quantitative estimate of drug-likeness (QED) is 0.167. The third kappa shape index (κ3) is 12.0. The van der Waals surface area contributed by atoms with Gasteiger partial charge in [-0.2, -0.15) is 0 Å². The Hall–Kier alpha value is -1.83. The van der Waals surface area contributed by atoms with Gasteiger partial charge in [0.15, 0.2) is 0 Å². The second-order valence-electron chi connectivity index (χ2n) is 9.68. The normalized spacial score (nSPS) is 17.7. The highest BCUT2D eigenvalue weighted by Gasteiger charge is 2.26. The first-order valence-electron chi connectivity index (χ1n) is 12.3. The average molecular weight is 427 g/mol. The highest BCUT2D eigenvalue weighted by atomic mass is 16.5. The van der Waals surface area contributed by atoms with Crippen LogP contribution >= 0.6 is 0 Å². The summed E-state index contributed by atoms with van der Waals surface area (Å²) in [7, 11) is 0. The number of carbonyl (C=O) groups excluding carboxylic acids is 1. The van der Waals surface area contributed by atoms with E-state index in [9.17, 15) is 4.79 Å². The van der Waals surface area contributed by atoms with Gasteiger partial charge in [-0.25, -0.2) is 0 Å². The second kappa shape index (κ2) is 15.1. The topological polar surface area (TPSA) is 26.3 Å². The third-order valence-electron chi connectivity index (χ3n) is 6.16. The number of hydrogen-bond acceptors (Lipinski definition) is 2. The van der Waals surface area contributed by atoms with Gasteiger partial charge in [0, 0.05) is 6.42 Å². The predicted molar refractivity (Wildman–Crippen MR) is 135 cm³/mol. The molecule has 0 aromatic rings. The fourth-order valence-electron chi connectivity index (χ4n) is 4.09. The van der Waals surface area contributed by atoms with Crippen LogP contribution in [-0.4, -0.2) is 12.6 Å². The van der Waals surface area contributed by atoms with Crippen LogP contribution < -0.4 is 0 Å². The number of ether oxygens (including phenoxy) is 1. The molecule has 0 aliphatic heterocycles. The van der Waals surface area contributed by atoms with Gasteiger partial charge in [-0.15, -0.1) is 0 Å². The van der Waals surface area contributed by atoms with E-state index in [1.54, 1.807) is 0 Å². The zero-order chi connectivity index (χ0) is 23.1. The van der Waals surface area contributed by atoms with Crippen molar-refractivity contribution in [3.05, 3.63) is 58.7 Å². The van der Waals surface area contributed by atoms with E-state index in [0.717, 1.165) is 18.4 Å². The van der Waals surface area contributed by atoms with Gasteiger partial charge in [-0.1, -0.05) is 100.0 Å². The molecule has 0 saturated heterocycles. The van der Waals surface area contributed by atoms with Crippen molar-refractivity contribution in [2.24, 2.45) is 5.41 Å². The van der Waals surface area contributed by atoms with Crippen molar-refractivity contribution in [1.82, 2.24) is 0 Å². The zero-order valence-electron chi connectivity index (χ0n) is 21.1. The monoisotopic (exact) mass is 426 g/mol. The van der Waals surface area contributed by atoms with Gasteiger partial charge in [-0.3, -0.25) is 4.79 Å². The summed E-state index contributed by atoms with van der Waals surface area (Å²) in [6, 6.07) is 0. The first-order chi connectivity index (χ1) is 14.8. The number of carbonyl (C=O) groups is 1. The number of allylic oxidation sites excluding steroid dienone is 9. The van der Waals surface area contributed by atoms with Gasteiger partial charge in [0.05, 0.1) is 0 Å². The molecule has 0 spiro atoms. The summed E-state index contributed by atoms with van der Waals surface area (Å²) in [4.78, 5) is 11.8. The van der Waals surface area contributed by atoms with Crippen LogP contribution in [0.3, 0.4) is 0 Å². The first-order valence-corrected chi connectivity index (χ1v) is 12.3. The number of unbranched alkanes of at least 4 members (excludes halogenated alkanes) is 5. The maximum Gasteiger partial charge on any atom is 0.306 e. The summed E-state index contributed by atoms with van der Waals surface area (Å²) in [5, 5.41) is 0. The minimum absolute atomic E-state index is 0.0837. The van der Waals surface area contributed by atoms with E-state index >= 15 is 0 Å². The fourth-order valence-corrected chi connectivity index (χ4v) is 4.09. The lowest BCUT2D eigenvalue weighted by Crippen LogP contribution is -2.19. The Morgan fingerprint density at radius 2 is 1.74 bits per heavy atom. The molecule has 0 bridgehead atoms. The van der Waals surface area contributed by atoms with E-state index in [1.807, 2.05) is 13.0 Å². The minimum atomic E-state index is -0.0837. The van der Waals surface area contributed by atoms with Crippen molar-refractivity contribution >= 4 is 5.97 Å². The standard InChI is InChI=1S/C29H46O2/c1-7-8-9-10-11-12-18-28(30)31-23-21-25(3)16-13-15-24(2)19-20-27-26(4)17-14-22-29(27,5)6/h13,15-16,19-21H,7-12,14,17-18,22-23H2,1-6H3/b16-13+,20-19+,24-15+,25-21+. The molecule has 31 heavy (non-hydrogen) atoms. The van der Waals surface area contributed by atoms with E-state index in [4.69, 9.17) is 4.74 Å². The lowest BCUT2D eigenvalue weighted by Gasteiger charge is -2.32. The molecule has 0 amide bonds. The van der Waals surface area contributed by atoms with Crippen molar-refractivity contribution in [2.75, 3.05) is 6.61 Å². The molecule has 0 aromatic carbocycles. The Morgan fingerprint density at radius 1 is 1.03 bits per heavy atom. The van der Waals surface area contributed by atoms with Crippen molar-refractivity contribution < 1.29 is 9.53 Å². The van der Waals surface area contributed by atoms with Crippen LogP contribution in [0.5, 0.6) is 0 Å². The molecule has 0 N–H and O–H groups in total. The fraction of sp³-hybridized carbons (Fsp3) is 0.621. The summed E-state index contributed by atoms with van der Waals surface area (Å²) in [5.74, 6) is -0.0837. The Labute approximate surface area is 192 Å². The lowest BCUT2D eigenvalue weighted by molar-refractivity contribution is -0.142. The van der Waals surface area contributed by atoms with Gasteiger partial charge in [0.2, 0.25) is 0 Å². The molecule has 0 fully saturated rings. The maximum atomic E-state index is 11.8. The van der Waals surface area contributed by atoms with E-state index < -0.39 is 0 Å². The Balaban J connectivity index is 2.38. The molecule has 1 aliphatic carbocycles. The lowest BCUT2D eigenvalue weighted by atomic mass is 9.72. The van der Waals surface area contributed by atoms with Crippen molar-refractivity contribution in [2.45, 2.75) is 106 Å². The Kier molecular flexibility index (Phi) is 13.2. The van der Waals surface area contributed by atoms with E-state index in [2.05, 4.69) is 65.0 Å². The highest BCUT2D eigenvalue weighted by Crippen LogP contribution is 2.40. The molecule has 1 rings (SSSR count). The van der Waals surface area contributed by atoms with Gasteiger partial charge in [-0.05, 0) is 63.5 Å². The van der Waals surface area contributed by atoms with Gasteiger partial charge < -0.3 is 4.74 Å². The van der Waals surface area contributed by atoms with Gasteiger partial charge >= 0.3 is 5.97 Å². The maximum absolute atomic E-state index is 11.8. The number of esters is 1. The van der Waals surface area contributed by atoms with Crippen LogP contribution in [0.15, 0.2) is 58.7 Å². The van der Waals surface area contributed by atoms with Crippen LogP contribution in [0.1, 0.15) is 106 Å². The summed E-state index contributed by atoms with van der Waals surface area (Å²) >= 11 is 0. The largest absolute Gasteiger partial charge is 0.461 e. The number of rotatable bonds is 13. The van der Waals surface area contributed by atoms with Crippen molar-refractivity contribution in [1.29, 1.82) is 0 Å². The molecular formula is C29H46O2. The van der Waals surface area contributed by atoms with E-state index in [-0.39, 0.29) is 11.4 Å². The van der Waals surface area contributed by atoms with Crippen LogP contribution in [0, 0.1) is 5.41 Å². The molecule has 0 heterocycles. The molecule has 2 heteroatoms. The van der Waals surface area contributed by atoms with Crippen LogP contribution in [-0.2, 0) is 9.53 Å². The first kappa shape index (κ1) is 27.2. The second-order valence-corrected chi connectivity index (χ2v) is 9.68. The molecule has 0 atom stereocenters. The van der Waals surface area contributed by atoms with E-state index in [0.29, 0.717) is 13.0 Å². The third-order valence-corrected chi connectivity index (χ3v) is 6.16. The van der Waals surface area contributed by atoms with Crippen LogP contribution in [0.25, 0.3) is 0 Å². The summed E-state index contributed by atoms with van der Waals surface area (Å²) in [5.41, 5.74) is 5.64. The van der Waals surface area contributed by atoms with Crippen LogP contribution in [0.4, 0.5) is 0 Å². The van der Waals surface area contributed by atoms with Crippen LogP contribution in [0.2, 0.25) is 0 Å². The molecule has 174 valence electrons. The molecule has 1 aliphatic rings. The molecule has 0 radical (unpaired) electrons. The Morgan fingerprint density at radius 3 is 2.45 bits per heavy atom. The predicted octanol–water partition coefficient (Wildman–Crippen LogP) is 8.81. The van der Waals surface area contributed by atoms with Crippen molar-refractivity contribution in [3.8, 4) is 0 Å². The molecular weight excluding hydrogens is 380 g/mol. The van der Waals surface area contributed by atoms with Gasteiger partial charge in [0.25, 0.3) is 0 Å². The molecule has 2 nitrogen and oxygen atoms in total. The minimum Gasteiger partial charge on any atom is -0.461 e. The summed E-state index contributed by atoms with van der Waals surface area (Å²) in [6.07, 6.45) is 24.2. The molecule has 0 saturated carbocycles. The molecule has 0 unspecified atom stereocenters. The SMILES string of the molecule is CCCCCCCCC(=O)OC/C=C(C)/C=C/C=C(C)/C=C/C1=C(C)CCCC1(C)C. The Bertz CT molecular complexity index is 698. The van der Waals surface area contributed by atoms with Crippen molar-refractivity contribution in [3.63, 3.8) is 0 Å². The average Bonchev–Trinajstić information content (AvgIpc) is 2.69. The zero-order valence-corrected chi connectivity index (χ0v) is 21.1. The summed E-state index contributed by atoms with van der Waals surface area (Å²) < 4.78 is 5.32. The van der Waals surface area contributed by atoms with E-state index in [1.165, 1.54) is 61.7 Å². The van der Waals surface area contributed by atoms with Gasteiger partial charge in [0.1, 0.15) is 6.61 Å². The highest BCUT2D eigenvalue weighted by molar-refractivity contribution is 5.69.